The van der Waals surface area contributed by atoms with Crippen LogP contribution in [0.5, 0.6) is 0 Å². The Morgan fingerprint density at radius 3 is 2.60 bits per heavy atom. The molecule has 1 saturated carbocycles. The SMILES string of the molecule is CC(NCC1CCCC1O)C(C)C(=O)O. The predicted octanol–water partition coefficient (Wildman–Crippen LogP) is 0.846. The Balaban J connectivity index is 2.27. The monoisotopic (exact) mass is 215 g/mol. The third-order valence-electron chi connectivity index (χ3n) is 3.46. The highest BCUT2D eigenvalue weighted by atomic mass is 16.4. The van der Waals surface area contributed by atoms with Gasteiger partial charge in [0.15, 0.2) is 0 Å². The maximum absolute atomic E-state index is 10.7. The summed E-state index contributed by atoms with van der Waals surface area (Å²) >= 11 is 0. The topological polar surface area (TPSA) is 69.6 Å². The summed E-state index contributed by atoms with van der Waals surface area (Å²) in [5.41, 5.74) is 0. The zero-order valence-corrected chi connectivity index (χ0v) is 9.44. The zero-order chi connectivity index (χ0) is 11.4. The number of carboxylic acid groups (broad SMARTS) is 1. The van der Waals surface area contributed by atoms with Gasteiger partial charge < -0.3 is 15.5 Å². The molecular weight excluding hydrogens is 194 g/mol. The molecule has 0 spiro atoms. The molecule has 0 amide bonds. The van der Waals surface area contributed by atoms with Gasteiger partial charge >= 0.3 is 5.97 Å². The Kier molecular flexibility index (Phi) is 4.54. The molecule has 1 aliphatic rings. The van der Waals surface area contributed by atoms with Gasteiger partial charge in [-0.3, -0.25) is 4.79 Å². The molecule has 4 unspecified atom stereocenters. The van der Waals surface area contributed by atoms with Gasteiger partial charge in [-0.1, -0.05) is 13.3 Å². The average Bonchev–Trinajstić information content (AvgIpc) is 2.59. The van der Waals surface area contributed by atoms with Crippen LogP contribution in [0.25, 0.3) is 0 Å². The molecule has 1 aliphatic carbocycles. The Labute approximate surface area is 90.7 Å². The van der Waals surface area contributed by atoms with E-state index in [1.165, 1.54) is 0 Å². The summed E-state index contributed by atoms with van der Waals surface area (Å²) in [7, 11) is 0. The number of aliphatic hydroxyl groups is 1. The van der Waals surface area contributed by atoms with Crippen LogP contribution < -0.4 is 5.32 Å². The number of hydrogen-bond donors (Lipinski definition) is 3. The van der Waals surface area contributed by atoms with Gasteiger partial charge in [-0.05, 0) is 25.7 Å². The summed E-state index contributed by atoms with van der Waals surface area (Å²) in [5, 5.41) is 21.6. The molecule has 1 fully saturated rings. The molecule has 4 heteroatoms. The summed E-state index contributed by atoms with van der Waals surface area (Å²) in [6.45, 7) is 4.30. The lowest BCUT2D eigenvalue weighted by molar-refractivity contribution is -0.141. The third kappa shape index (κ3) is 3.47. The molecule has 0 bridgehead atoms. The highest BCUT2D eigenvalue weighted by Gasteiger charge is 2.26. The first-order chi connectivity index (χ1) is 7.02. The Morgan fingerprint density at radius 2 is 2.13 bits per heavy atom. The molecule has 15 heavy (non-hydrogen) atoms. The molecule has 0 radical (unpaired) electrons. The van der Waals surface area contributed by atoms with Gasteiger partial charge in [-0.25, -0.2) is 0 Å². The van der Waals surface area contributed by atoms with Gasteiger partial charge in [0.2, 0.25) is 0 Å². The number of nitrogens with one attached hydrogen (secondary N) is 1. The van der Waals surface area contributed by atoms with Crippen molar-refractivity contribution in [2.24, 2.45) is 11.8 Å². The molecule has 0 aromatic heterocycles. The van der Waals surface area contributed by atoms with E-state index in [4.69, 9.17) is 5.11 Å². The largest absolute Gasteiger partial charge is 0.481 e. The van der Waals surface area contributed by atoms with E-state index >= 15 is 0 Å². The minimum absolute atomic E-state index is 0.0460. The van der Waals surface area contributed by atoms with Crippen LogP contribution in [-0.4, -0.2) is 34.9 Å². The van der Waals surface area contributed by atoms with E-state index in [1.54, 1.807) is 6.92 Å². The second-order valence-corrected chi connectivity index (χ2v) is 4.58. The molecule has 0 aromatic rings. The van der Waals surface area contributed by atoms with Crippen LogP contribution in [0.2, 0.25) is 0 Å². The quantitative estimate of drug-likeness (QED) is 0.636. The van der Waals surface area contributed by atoms with Crippen molar-refractivity contribution >= 4 is 5.97 Å². The molecule has 4 atom stereocenters. The van der Waals surface area contributed by atoms with Gasteiger partial charge in [-0.2, -0.15) is 0 Å². The number of hydrogen-bond acceptors (Lipinski definition) is 3. The number of rotatable bonds is 5. The first kappa shape index (κ1) is 12.5. The van der Waals surface area contributed by atoms with Crippen molar-refractivity contribution in [1.82, 2.24) is 5.32 Å². The summed E-state index contributed by atoms with van der Waals surface area (Å²) < 4.78 is 0. The van der Waals surface area contributed by atoms with Gasteiger partial charge in [0, 0.05) is 12.6 Å². The van der Waals surface area contributed by atoms with E-state index in [0.29, 0.717) is 5.92 Å². The molecule has 88 valence electrons. The maximum Gasteiger partial charge on any atom is 0.307 e. The number of aliphatic carboxylic acids is 1. The Hall–Kier alpha value is -0.610. The molecule has 0 saturated heterocycles. The zero-order valence-electron chi connectivity index (χ0n) is 9.44. The Morgan fingerprint density at radius 1 is 1.47 bits per heavy atom. The fourth-order valence-electron chi connectivity index (χ4n) is 1.98. The van der Waals surface area contributed by atoms with Crippen molar-refractivity contribution in [2.75, 3.05) is 6.54 Å². The van der Waals surface area contributed by atoms with Gasteiger partial charge in [0.25, 0.3) is 0 Å². The average molecular weight is 215 g/mol. The van der Waals surface area contributed by atoms with Crippen LogP contribution in [-0.2, 0) is 4.79 Å². The van der Waals surface area contributed by atoms with Crippen LogP contribution in [0.4, 0.5) is 0 Å². The number of aliphatic hydroxyl groups excluding tert-OH is 1. The predicted molar refractivity (Wildman–Crippen MR) is 57.6 cm³/mol. The molecule has 3 N–H and O–H groups in total. The van der Waals surface area contributed by atoms with Crippen molar-refractivity contribution in [3.8, 4) is 0 Å². The normalized spacial score (nSPS) is 30.1. The van der Waals surface area contributed by atoms with E-state index in [2.05, 4.69) is 5.32 Å². The third-order valence-corrected chi connectivity index (χ3v) is 3.46. The minimum Gasteiger partial charge on any atom is -0.481 e. The second-order valence-electron chi connectivity index (χ2n) is 4.58. The van der Waals surface area contributed by atoms with Gasteiger partial charge in [0.05, 0.1) is 12.0 Å². The van der Waals surface area contributed by atoms with Crippen LogP contribution in [0.1, 0.15) is 33.1 Å². The van der Waals surface area contributed by atoms with E-state index in [0.717, 1.165) is 25.8 Å². The Bertz CT molecular complexity index is 220. The number of carboxylic acids is 1. The molecular formula is C11H21NO3. The highest BCUT2D eigenvalue weighted by molar-refractivity contribution is 5.70. The molecule has 0 aromatic carbocycles. The number of carbonyl (C=O) groups is 1. The molecule has 0 aliphatic heterocycles. The summed E-state index contributed by atoms with van der Waals surface area (Å²) in [6.07, 6.45) is 2.80. The summed E-state index contributed by atoms with van der Waals surface area (Å²) in [4.78, 5) is 10.7. The maximum atomic E-state index is 10.7. The van der Waals surface area contributed by atoms with Crippen molar-refractivity contribution < 1.29 is 15.0 Å². The lowest BCUT2D eigenvalue weighted by Crippen LogP contribution is -2.40. The molecule has 4 nitrogen and oxygen atoms in total. The molecule has 1 rings (SSSR count). The summed E-state index contributed by atoms with van der Waals surface area (Å²) in [5.74, 6) is -0.862. The van der Waals surface area contributed by atoms with Crippen molar-refractivity contribution in [1.29, 1.82) is 0 Å². The molecule has 0 heterocycles. The standard InChI is InChI=1S/C11H21NO3/c1-7(11(14)15)8(2)12-6-9-4-3-5-10(9)13/h7-10,12-13H,3-6H2,1-2H3,(H,14,15). The van der Waals surface area contributed by atoms with Crippen LogP contribution in [0.15, 0.2) is 0 Å². The smallest absolute Gasteiger partial charge is 0.307 e. The first-order valence-electron chi connectivity index (χ1n) is 5.66. The van der Waals surface area contributed by atoms with E-state index in [9.17, 15) is 9.90 Å². The van der Waals surface area contributed by atoms with E-state index in [1.807, 2.05) is 6.92 Å². The van der Waals surface area contributed by atoms with Crippen molar-refractivity contribution in [2.45, 2.75) is 45.3 Å². The van der Waals surface area contributed by atoms with E-state index < -0.39 is 5.97 Å². The fourth-order valence-corrected chi connectivity index (χ4v) is 1.98. The van der Waals surface area contributed by atoms with Crippen LogP contribution in [0, 0.1) is 11.8 Å². The lowest BCUT2D eigenvalue weighted by Gasteiger charge is -2.21. The highest BCUT2D eigenvalue weighted by Crippen LogP contribution is 2.24. The van der Waals surface area contributed by atoms with Crippen LogP contribution >= 0.6 is 0 Å². The summed E-state index contributed by atoms with van der Waals surface area (Å²) in [6, 6.07) is -0.0460. The van der Waals surface area contributed by atoms with Crippen molar-refractivity contribution in [3.05, 3.63) is 0 Å². The minimum atomic E-state index is -0.776. The first-order valence-corrected chi connectivity index (χ1v) is 5.66. The van der Waals surface area contributed by atoms with Gasteiger partial charge in [-0.15, -0.1) is 0 Å². The second kappa shape index (κ2) is 5.47. The lowest BCUT2D eigenvalue weighted by atomic mass is 10.0. The fraction of sp³-hybridized carbons (Fsp3) is 0.909. The van der Waals surface area contributed by atoms with Crippen LogP contribution in [0.3, 0.4) is 0 Å². The van der Waals surface area contributed by atoms with E-state index in [-0.39, 0.29) is 18.1 Å². The van der Waals surface area contributed by atoms with Gasteiger partial charge in [0.1, 0.15) is 0 Å². The van der Waals surface area contributed by atoms with Crippen molar-refractivity contribution in [3.63, 3.8) is 0 Å².